The van der Waals surface area contributed by atoms with E-state index in [1.165, 1.54) is 0 Å². The molecule has 120 valence electrons. The van der Waals surface area contributed by atoms with Crippen LogP contribution in [0.4, 0.5) is 5.82 Å². The third kappa shape index (κ3) is 2.45. The van der Waals surface area contributed by atoms with E-state index in [2.05, 4.69) is 42.6 Å². The van der Waals surface area contributed by atoms with Gasteiger partial charge in [-0.3, -0.25) is 0 Å². The van der Waals surface area contributed by atoms with Crippen LogP contribution in [0.3, 0.4) is 0 Å². The number of anilines is 1. The van der Waals surface area contributed by atoms with Crippen LogP contribution in [0.2, 0.25) is 0 Å². The minimum absolute atomic E-state index is 0.245. The topological polar surface area (TPSA) is 51.4 Å². The van der Waals surface area contributed by atoms with E-state index in [1.807, 2.05) is 24.3 Å². The highest BCUT2D eigenvalue weighted by molar-refractivity contribution is 6.05. The molecule has 3 heterocycles. The van der Waals surface area contributed by atoms with E-state index < -0.39 is 0 Å². The van der Waals surface area contributed by atoms with E-state index in [0.29, 0.717) is 0 Å². The first-order valence-electron chi connectivity index (χ1n) is 7.92. The molecule has 0 spiro atoms. The number of aromatic nitrogens is 2. The fourth-order valence-electron chi connectivity index (χ4n) is 3.67. The maximum Gasteiger partial charge on any atom is 0.196 e. The van der Waals surface area contributed by atoms with Crippen LogP contribution in [0, 0.1) is 0 Å². The number of ether oxygens (including phenoxy) is 1. The summed E-state index contributed by atoms with van der Waals surface area (Å²) in [7, 11) is 0. The van der Waals surface area contributed by atoms with Crippen LogP contribution >= 0.6 is 0 Å². The van der Waals surface area contributed by atoms with Crippen LogP contribution in [0.5, 0.6) is 0 Å². The quantitative estimate of drug-likeness (QED) is 0.684. The molecule has 0 unspecified atom stereocenters. The van der Waals surface area contributed by atoms with Gasteiger partial charge in [0.25, 0.3) is 0 Å². The van der Waals surface area contributed by atoms with Crippen molar-refractivity contribution in [2.24, 2.45) is 0 Å². The van der Waals surface area contributed by atoms with Crippen LogP contribution in [-0.2, 0) is 4.74 Å². The van der Waals surface area contributed by atoms with Crippen LogP contribution in [0.15, 0.2) is 35.0 Å². The first-order valence-corrected chi connectivity index (χ1v) is 7.92. The van der Waals surface area contributed by atoms with Crippen molar-refractivity contribution in [3.63, 3.8) is 0 Å². The molecule has 1 saturated heterocycles. The van der Waals surface area contributed by atoms with Gasteiger partial charge in [0.2, 0.25) is 0 Å². The van der Waals surface area contributed by atoms with Gasteiger partial charge in [0.1, 0.15) is 17.4 Å². The monoisotopic (exact) mass is 311 g/mol. The minimum atomic E-state index is -0.245. The van der Waals surface area contributed by atoms with E-state index in [4.69, 9.17) is 9.15 Å². The van der Waals surface area contributed by atoms with Crippen molar-refractivity contribution >= 4 is 27.9 Å². The van der Waals surface area contributed by atoms with Crippen LogP contribution < -0.4 is 4.90 Å². The second-order valence-electron chi connectivity index (χ2n) is 7.45. The lowest BCUT2D eigenvalue weighted by atomic mass is 9.99. The molecule has 23 heavy (non-hydrogen) atoms. The molecule has 0 saturated carbocycles. The number of morpholine rings is 1. The number of rotatable bonds is 1. The Labute approximate surface area is 135 Å². The summed E-state index contributed by atoms with van der Waals surface area (Å²) in [6, 6.07) is 7.97. The van der Waals surface area contributed by atoms with Gasteiger partial charge in [-0.1, -0.05) is 12.1 Å². The van der Waals surface area contributed by atoms with Gasteiger partial charge in [-0.25, -0.2) is 9.97 Å². The molecule has 0 amide bonds. The van der Waals surface area contributed by atoms with E-state index in [-0.39, 0.29) is 11.2 Å². The molecular weight excluding hydrogens is 290 g/mol. The number of hydrogen-bond donors (Lipinski definition) is 0. The summed E-state index contributed by atoms with van der Waals surface area (Å²) in [5.41, 5.74) is 1.97. The highest BCUT2D eigenvalue weighted by atomic mass is 16.5. The molecule has 0 aliphatic carbocycles. The zero-order valence-corrected chi connectivity index (χ0v) is 14.0. The lowest BCUT2D eigenvalue weighted by Crippen LogP contribution is -2.57. The average molecular weight is 311 g/mol. The van der Waals surface area contributed by atoms with Crippen molar-refractivity contribution in [3.05, 3.63) is 30.6 Å². The lowest BCUT2D eigenvalue weighted by Gasteiger charge is -2.47. The number of fused-ring (bicyclic) bond motifs is 3. The Morgan fingerprint density at radius 1 is 1.00 bits per heavy atom. The summed E-state index contributed by atoms with van der Waals surface area (Å²) in [6.45, 7) is 9.96. The number of benzene rings is 1. The molecule has 5 heteroatoms. The number of para-hydroxylation sites is 1. The maximum atomic E-state index is 6.17. The molecule has 0 bridgehead atoms. The van der Waals surface area contributed by atoms with E-state index in [0.717, 1.165) is 41.0 Å². The molecule has 4 rings (SSSR count). The van der Waals surface area contributed by atoms with Gasteiger partial charge in [-0.15, -0.1) is 0 Å². The molecule has 1 aliphatic rings. The van der Waals surface area contributed by atoms with Gasteiger partial charge < -0.3 is 14.1 Å². The number of nitrogens with zero attached hydrogens (tertiary/aromatic N) is 3. The Hall–Kier alpha value is -2.14. The Morgan fingerprint density at radius 3 is 2.43 bits per heavy atom. The van der Waals surface area contributed by atoms with Gasteiger partial charge in [0.05, 0.1) is 11.2 Å². The molecule has 5 nitrogen and oxygen atoms in total. The number of hydrogen-bond acceptors (Lipinski definition) is 5. The highest BCUT2D eigenvalue weighted by Gasteiger charge is 2.39. The van der Waals surface area contributed by atoms with Gasteiger partial charge >= 0.3 is 0 Å². The van der Waals surface area contributed by atoms with Crippen molar-refractivity contribution in [1.82, 2.24) is 9.97 Å². The summed E-state index contributed by atoms with van der Waals surface area (Å²) in [4.78, 5) is 11.2. The zero-order chi connectivity index (χ0) is 16.2. The molecule has 3 aromatic rings. The first kappa shape index (κ1) is 14.5. The largest absolute Gasteiger partial charge is 0.450 e. The van der Waals surface area contributed by atoms with Gasteiger partial charge in [0, 0.05) is 18.5 Å². The Kier molecular flexibility index (Phi) is 2.94. The zero-order valence-electron chi connectivity index (χ0n) is 14.0. The van der Waals surface area contributed by atoms with Gasteiger partial charge in [0.15, 0.2) is 11.4 Å². The van der Waals surface area contributed by atoms with Gasteiger partial charge in [-0.2, -0.15) is 0 Å². The molecule has 0 radical (unpaired) electrons. The van der Waals surface area contributed by atoms with E-state index >= 15 is 0 Å². The van der Waals surface area contributed by atoms with E-state index in [1.54, 1.807) is 6.33 Å². The Bertz CT molecular complexity index is 866. The van der Waals surface area contributed by atoms with Crippen molar-refractivity contribution < 1.29 is 9.15 Å². The number of furan rings is 1. The second-order valence-corrected chi connectivity index (χ2v) is 7.45. The summed E-state index contributed by atoms with van der Waals surface area (Å²) in [6.07, 6.45) is 1.62. The fourth-order valence-corrected chi connectivity index (χ4v) is 3.67. The van der Waals surface area contributed by atoms with Crippen LogP contribution in [-0.4, -0.2) is 34.3 Å². The molecule has 1 aromatic carbocycles. The molecule has 0 N–H and O–H groups in total. The summed E-state index contributed by atoms with van der Waals surface area (Å²) >= 11 is 0. The van der Waals surface area contributed by atoms with Crippen molar-refractivity contribution in [2.45, 2.75) is 38.9 Å². The third-order valence-corrected chi connectivity index (χ3v) is 4.13. The van der Waals surface area contributed by atoms with Crippen molar-refractivity contribution in [1.29, 1.82) is 0 Å². The fraction of sp³-hybridized carbons (Fsp3) is 0.444. The summed E-state index contributed by atoms with van der Waals surface area (Å²) in [5, 5.41) is 1.03. The van der Waals surface area contributed by atoms with Crippen molar-refractivity contribution in [3.8, 4) is 0 Å². The second kappa shape index (κ2) is 4.68. The van der Waals surface area contributed by atoms with Gasteiger partial charge in [-0.05, 0) is 39.8 Å². The predicted octanol–water partition coefficient (Wildman–Crippen LogP) is 3.77. The maximum absolute atomic E-state index is 6.17. The molecule has 0 atom stereocenters. The Balaban J connectivity index is 1.88. The standard InChI is InChI=1S/C18H21N3O2/c1-17(2)9-21(10-18(3,4)23-17)16-15-14(19-11-20-16)12-7-5-6-8-13(12)22-15/h5-8,11H,9-10H2,1-4H3. The molecule has 1 aliphatic heterocycles. The van der Waals surface area contributed by atoms with Crippen LogP contribution in [0.25, 0.3) is 22.1 Å². The third-order valence-electron chi connectivity index (χ3n) is 4.13. The summed E-state index contributed by atoms with van der Waals surface area (Å²) < 4.78 is 12.2. The molecule has 1 fully saturated rings. The summed E-state index contributed by atoms with van der Waals surface area (Å²) in [5.74, 6) is 0.843. The first-order chi connectivity index (χ1) is 10.8. The smallest absolute Gasteiger partial charge is 0.196 e. The minimum Gasteiger partial charge on any atom is -0.450 e. The SMILES string of the molecule is CC1(C)CN(c2ncnc3c2oc2ccccc23)CC(C)(C)O1. The predicted molar refractivity (Wildman–Crippen MR) is 90.8 cm³/mol. The highest BCUT2D eigenvalue weighted by Crippen LogP contribution is 2.36. The molecular formula is C18H21N3O2. The average Bonchev–Trinajstić information content (AvgIpc) is 2.82. The van der Waals surface area contributed by atoms with Crippen molar-refractivity contribution in [2.75, 3.05) is 18.0 Å². The van der Waals surface area contributed by atoms with E-state index in [9.17, 15) is 0 Å². The normalized spacial score (nSPS) is 20.3. The van der Waals surface area contributed by atoms with Crippen LogP contribution in [0.1, 0.15) is 27.7 Å². The molecule has 2 aromatic heterocycles. The lowest BCUT2D eigenvalue weighted by molar-refractivity contribution is -0.133. The Morgan fingerprint density at radius 2 is 1.70 bits per heavy atom.